The lowest BCUT2D eigenvalue weighted by atomic mass is 10.1. The topological polar surface area (TPSA) is 50.9 Å². The van der Waals surface area contributed by atoms with E-state index in [2.05, 4.69) is 17.2 Å². The third-order valence-corrected chi connectivity index (χ3v) is 2.87. The minimum atomic E-state index is 0.410. The number of nitrogens with one attached hydrogen (secondary N) is 1. The average Bonchev–Trinajstić information content (AvgIpc) is 2.22. The maximum Gasteiger partial charge on any atom is 0.136 e. The van der Waals surface area contributed by atoms with Gasteiger partial charge in [0, 0.05) is 12.2 Å². The minimum absolute atomic E-state index is 0.410. The molecule has 94 valence electrons. The van der Waals surface area contributed by atoms with Crippen molar-refractivity contribution in [2.24, 2.45) is 5.73 Å². The molecule has 0 fully saturated rings. The van der Waals surface area contributed by atoms with Crippen molar-refractivity contribution < 1.29 is 0 Å². The molecule has 4 heteroatoms. The number of hydrogen-bond donors (Lipinski definition) is 2. The molecule has 0 bridgehead atoms. The van der Waals surface area contributed by atoms with Crippen LogP contribution < -0.4 is 11.1 Å². The van der Waals surface area contributed by atoms with E-state index in [1.165, 1.54) is 12.8 Å². The molecule has 1 aromatic heterocycles. The Bertz CT molecular complexity index is 402. The lowest BCUT2D eigenvalue weighted by molar-refractivity contribution is 0.742. The molecule has 0 aliphatic rings. The van der Waals surface area contributed by atoms with Crippen LogP contribution in [0.25, 0.3) is 0 Å². The van der Waals surface area contributed by atoms with Crippen molar-refractivity contribution in [1.82, 2.24) is 4.98 Å². The highest BCUT2D eigenvalue weighted by Crippen LogP contribution is 2.18. The van der Waals surface area contributed by atoms with Crippen molar-refractivity contribution in [3.63, 3.8) is 0 Å². The number of nitrogens with zero attached hydrogens (tertiary/aromatic N) is 1. The van der Waals surface area contributed by atoms with E-state index in [9.17, 15) is 0 Å². The van der Waals surface area contributed by atoms with E-state index < -0.39 is 0 Å². The number of pyridine rings is 1. The first-order valence-electron chi connectivity index (χ1n) is 6.08. The highest BCUT2D eigenvalue weighted by Gasteiger charge is 2.10. The molecule has 3 N–H and O–H groups in total. The molecule has 0 atom stereocenters. The van der Waals surface area contributed by atoms with Crippen molar-refractivity contribution in [3.8, 4) is 0 Å². The number of nitrogens with two attached hydrogens (primary N) is 1. The van der Waals surface area contributed by atoms with Gasteiger partial charge in [-0.25, -0.2) is 4.98 Å². The fourth-order valence-electron chi connectivity index (χ4n) is 1.86. The van der Waals surface area contributed by atoms with Crippen LogP contribution in [0.2, 0.25) is 0 Å². The molecule has 17 heavy (non-hydrogen) atoms. The van der Waals surface area contributed by atoms with Gasteiger partial charge in [-0.3, -0.25) is 0 Å². The Morgan fingerprint density at radius 1 is 1.41 bits per heavy atom. The zero-order valence-electron chi connectivity index (χ0n) is 10.8. The molecule has 0 amide bonds. The largest absolute Gasteiger partial charge is 0.389 e. The second-order valence-corrected chi connectivity index (χ2v) is 4.74. The molecule has 3 nitrogen and oxygen atoms in total. The fraction of sp³-hybridized carbons (Fsp3) is 0.538. The highest BCUT2D eigenvalue weighted by molar-refractivity contribution is 7.80. The van der Waals surface area contributed by atoms with Gasteiger partial charge in [0.05, 0.1) is 5.56 Å². The smallest absolute Gasteiger partial charge is 0.136 e. The van der Waals surface area contributed by atoms with E-state index in [0.717, 1.165) is 35.6 Å². The maximum atomic E-state index is 5.75. The second kappa shape index (κ2) is 6.55. The second-order valence-electron chi connectivity index (χ2n) is 4.30. The van der Waals surface area contributed by atoms with E-state index in [0.29, 0.717) is 4.99 Å². The van der Waals surface area contributed by atoms with Crippen LogP contribution in [0.4, 0.5) is 5.82 Å². The molecule has 0 spiro atoms. The van der Waals surface area contributed by atoms with Gasteiger partial charge in [0.25, 0.3) is 0 Å². The number of unbranched alkanes of at least 4 members (excludes halogenated alkanes) is 2. The molecule has 1 heterocycles. The summed E-state index contributed by atoms with van der Waals surface area (Å²) in [6.07, 6.45) is 3.58. The summed E-state index contributed by atoms with van der Waals surface area (Å²) in [7, 11) is 0. The Hall–Kier alpha value is -1.16. The summed E-state index contributed by atoms with van der Waals surface area (Å²) >= 11 is 5.08. The number of anilines is 1. The molecule has 0 saturated carbocycles. The Morgan fingerprint density at radius 2 is 2.12 bits per heavy atom. The van der Waals surface area contributed by atoms with Crippen LogP contribution in [0.1, 0.15) is 43.0 Å². The number of rotatable bonds is 6. The van der Waals surface area contributed by atoms with Crippen LogP contribution in [0.5, 0.6) is 0 Å². The van der Waals surface area contributed by atoms with Crippen LogP contribution in [0, 0.1) is 13.8 Å². The van der Waals surface area contributed by atoms with Crippen LogP contribution in [-0.2, 0) is 0 Å². The van der Waals surface area contributed by atoms with Crippen LogP contribution >= 0.6 is 12.2 Å². The van der Waals surface area contributed by atoms with Gasteiger partial charge >= 0.3 is 0 Å². The number of hydrogen-bond acceptors (Lipinski definition) is 3. The molecule has 1 rings (SSSR count). The molecule has 0 saturated heterocycles. The number of aromatic nitrogens is 1. The Kier molecular flexibility index (Phi) is 5.35. The molecule has 0 aliphatic carbocycles. The summed E-state index contributed by atoms with van der Waals surface area (Å²) in [6, 6.07) is 2.01. The quantitative estimate of drug-likeness (QED) is 0.603. The van der Waals surface area contributed by atoms with Gasteiger partial charge in [-0.05, 0) is 31.9 Å². The van der Waals surface area contributed by atoms with Gasteiger partial charge in [0.2, 0.25) is 0 Å². The Labute approximate surface area is 109 Å². The molecular weight excluding hydrogens is 230 g/mol. The van der Waals surface area contributed by atoms with Crippen molar-refractivity contribution >= 4 is 23.0 Å². The summed E-state index contributed by atoms with van der Waals surface area (Å²) in [5, 5.41) is 3.33. The van der Waals surface area contributed by atoms with E-state index in [1.807, 2.05) is 19.9 Å². The first-order chi connectivity index (χ1) is 8.06. The summed E-state index contributed by atoms with van der Waals surface area (Å²) in [6.45, 7) is 7.10. The lowest BCUT2D eigenvalue weighted by Crippen LogP contribution is -2.17. The number of thiocarbonyl (C=S) groups is 1. The predicted molar refractivity (Wildman–Crippen MR) is 77.6 cm³/mol. The molecule has 1 aromatic rings. The van der Waals surface area contributed by atoms with Crippen molar-refractivity contribution in [2.75, 3.05) is 11.9 Å². The average molecular weight is 251 g/mol. The van der Waals surface area contributed by atoms with Gasteiger partial charge < -0.3 is 11.1 Å². The minimum Gasteiger partial charge on any atom is -0.389 e. The van der Waals surface area contributed by atoms with Crippen molar-refractivity contribution in [3.05, 3.63) is 22.9 Å². The van der Waals surface area contributed by atoms with Crippen molar-refractivity contribution in [1.29, 1.82) is 0 Å². The summed E-state index contributed by atoms with van der Waals surface area (Å²) in [5.41, 5.74) is 8.70. The summed E-state index contributed by atoms with van der Waals surface area (Å²) in [4.78, 5) is 4.88. The third kappa shape index (κ3) is 3.97. The van der Waals surface area contributed by atoms with Gasteiger partial charge in [-0.15, -0.1) is 0 Å². The first-order valence-corrected chi connectivity index (χ1v) is 6.49. The van der Waals surface area contributed by atoms with Gasteiger partial charge in [0.15, 0.2) is 0 Å². The first kappa shape index (κ1) is 13.9. The summed E-state index contributed by atoms with van der Waals surface area (Å²) in [5.74, 6) is 0.825. The van der Waals surface area contributed by atoms with Crippen molar-refractivity contribution in [2.45, 2.75) is 40.0 Å². The molecule has 0 aliphatic heterocycles. The molecule has 0 aromatic carbocycles. The van der Waals surface area contributed by atoms with E-state index in [-0.39, 0.29) is 0 Å². The Morgan fingerprint density at radius 3 is 2.71 bits per heavy atom. The maximum absolute atomic E-state index is 5.75. The Balaban J connectivity index is 2.85. The predicted octanol–water partition coefficient (Wildman–Crippen LogP) is 2.93. The normalized spacial score (nSPS) is 10.3. The molecular formula is C13H21N3S. The van der Waals surface area contributed by atoms with Crippen LogP contribution in [0.15, 0.2) is 6.07 Å². The number of aryl methyl sites for hydroxylation is 2. The highest BCUT2D eigenvalue weighted by atomic mass is 32.1. The zero-order valence-corrected chi connectivity index (χ0v) is 11.7. The van der Waals surface area contributed by atoms with Gasteiger partial charge in [0.1, 0.15) is 10.8 Å². The zero-order chi connectivity index (χ0) is 12.8. The molecule has 0 unspecified atom stereocenters. The monoisotopic (exact) mass is 251 g/mol. The van der Waals surface area contributed by atoms with Crippen LogP contribution in [0.3, 0.4) is 0 Å². The SMILES string of the molecule is CCCCCNc1nc(C)cc(C)c1C(N)=S. The van der Waals surface area contributed by atoms with Gasteiger partial charge in [-0.2, -0.15) is 0 Å². The lowest BCUT2D eigenvalue weighted by Gasteiger charge is -2.13. The van der Waals surface area contributed by atoms with Crippen LogP contribution in [-0.4, -0.2) is 16.5 Å². The van der Waals surface area contributed by atoms with E-state index in [4.69, 9.17) is 18.0 Å². The molecule has 0 radical (unpaired) electrons. The third-order valence-electron chi connectivity index (χ3n) is 2.66. The summed E-state index contributed by atoms with van der Waals surface area (Å²) < 4.78 is 0. The van der Waals surface area contributed by atoms with Gasteiger partial charge in [-0.1, -0.05) is 32.0 Å². The van der Waals surface area contributed by atoms with E-state index >= 15 is 0 Å². The standard InChI is InChI=1S/C13H21N3S/c1-4-5-6-7-15-13-11(12(14)17)9(2)8-10(3)16-13/h8H,4-7H2,1-3H3,(H2,14,17)(H,15,16). The van der Waals surface area contributed by atoms with E-state index in [1.54, 1.807) is 0 Å². The fourth-order valence-corrected chi connectivity index (χ4v) is 2.12.